The number of hydrogen-bond acceptors (Lipinski definition) is 4. The number of aromatic nitrogens is 2. The highest BCUT2D eigenvalue weighted by Crippen LogP contribution is 2.57. The van der Waals surface area contributed by atoms with E-state index in [-0.39, 0.29) is 24.5 Å². The number of anilines is 1. The molecule has 11 heteroatoms. The van der Waals surface area contributed by atoms with Crippen molar-refractivity contribution >= 4 is 17.8 Å². The van der Waals surface area contributed by atoms with E-state index in [1.807, 2.05) is 0 Å². The summed E-state index contributed by atoms with van der Waals surface area (Å²) in [5, 5.41) is 2.24. The third-order valence-corrected chi connectivity index (χ3v) is 6.30. The Kier molecular flexibility index (Phi) is 4.35. The van der Waals surface area contributed by atoms with Gasteiger partial charge in [-0.05, 0) is 36.5 Å². The SMILES string of the molecule is O=C(CN1C[C@]2(C[C@H]2F)c2cc(C3(F)CC3)ccc2C1=O)Nc1ncc(C(F)(F)F)cn1. The Morgan fingerprint density at radius 1 is 1.22 bits per heavy atom. The lowest BCUT2D eigenvalue weighted by molar-refractivity contribution is -0.138. The zero-order valence-corrected chi connectivity index (χ0v) is 16.5. The minimum absolute atomic E-state index is 0.0516. The summed E-state index contributed by atoms with van der Waals surface area (Å²) in [6, 6.07) is 4.57. The Morgan fingerprint density at radius 2 is 1.88 bits per heavy atom. The molecule has 32 heavy (non-hydrogen) atoms. The summed E-state index contributed by atoms with van der Waals surface area (Å²) in [5.41, 5.74) is -2.33. The first-order valence-corrected chi connectivity index (χ1v) is 9.98. The fraction of sp³-hybridized carbons (Fsp3) is 0.429. The van der Waals surface area contributed by atoms with Crippen LogP contribution in [0.5, 0.6) is 0 Å². The number of carbonyl (C=O) groups excluding carboxylic acids is 2. The fourth-order valence-electron chi connectivity index (χ4n) is 4.20. The summed E-state index contributed by atoms with van der Waals surface area (Å²) in [6.07, 6.45) is -3.81. The molecule has 1 aromatic carbocycles. The van der Waals surface area contributed by atoms with Gasteiger partial charge in [0.05, 0.1) is 5.56 Å². The Balaban J connectivity index is 1.33. The van der Waals surface area contributed by atoms with Gasteiger partial charge in [-0.25, -0.2) is 18.7 Å². The molecule has 2 heterocycles. The second-order valence-electron chi connectivity index (χ2n) is 8.56. The predicted octanol–water partition coefficient (Wildman–Crippen LogP) is 3.53. The van der Waals surface area contributed by atoms with Gasteiger partial charge in [-0.2, -0.15) is 13.2 Å². The molecule has 5 rings (SSSR count). The Labute approximate surface area is 178 Å². The van der Waals surface area contributed by atoms with E-state index < -0.39 is 47.4 Å². The molecule has 2 atom stereocenters. The molecular formula is C21H17F5N4O2. The van der Waals surface area contributed by atoms with Gasteiger partial charge >= 0.3 is 6.18 Å². The molecule has 2 saturated carbocycles. The maximum atomic E-state index is 14.5. The molecule has 1 N–H and O–H groups in total. The first-order chi connectivity index (χ1) is 15.0. The van der Waals surface area contributed by atoms with Crippen LogP contribution in [0.2, 0.25) is 0 Å². The van der Waals surface area contributed by atoms with Crippen molar-refractivity contribution in [1.82, 2.24) is 14.9 Å². The van der Waals surface area contributed by atoms with Crippen molar-refractivity contribution in [3.63, 3.8) is 0 Å². The van der Waals surface area contributed by atoms with E-state index in [0.717, 1.165) is 0 Å². The predicted molar refractivity (Wildman–Crippen MR) is 101 cm³/mol. The van der Waals surface area contributed by atoms with Gasteiger partial charge in [-0.1, -0.05) is 12.1 Å². The summed E-state index contributed by atoms with van der Waals surface area (Å²) in [7, 11) is 0. The van der Waals surface area contributed by atoms with E-state index in [0.29, 0.717) is 36.4 Å². The third-order valence-electron chi connectivity index (χ3n) is 6.30. The molecule has 1 aliphatic heterocycles. The zero-order chi connectivity index (χ0) is 22.9. The molecule has 0 saturated heterocycles. The van der Waals surface area contributed by atoms with Crippen molar-refractivity contribution in [2.24, 2.45) is 0 Å². The molecular weight excluding hydrogens is 435 g/mol. The van der Waals surface area contributed by atoms with Crippen LogP contribution < -0.4 is 5.32 Å². The number of carbonyl (C=O) groups is 2. The molecule has 3 aliphatic rings. The number of nitrogens with zero attached hydrogens (tertiary/aromatic N) is 3. The summed E-state index contributed by atoms with van der Waals surface area (Å²) >= 11 is 0. The van der Waals surface area contributed by atoms with Crippen LogP contribution in [0.15, 0.2) is 30.6 Å². The van der Waals surface area contributed by atoms with E-state index in [1.165, 1.54) is 17.0 Å². The number of rotatable bonds is 4. The largest absolute Gasteiger partial charge is 0.419 e. The maximum absolute atomic E-state index is 14.5. The number of alkyl halides is 5. The van der Waals surface area contributed by atoms with Crippen LogP contribution in [-0.2, 0) is 22.1 Å². The highest BCUT2D eigenvalue weighted by molar-refractivity contribution is 6.01. The third kappa shape index (κ3) is 3.39. The van der Waals surface area contributed by atoms with E-state index in [1.54, 1.807) is 6.07 Å². The summed E-state index contributed by atoms with van der Waals surface area (Å²) in [6.45, 7) is -0.504. The Bertz CT molecular complexity index is 1120. The van der Waals surface area contributed by atoms with Crippen LogP contribution >= 0.6 is 0 Å². The zero-order valence-electron chi connectivity index (χ0n) is 16.5. The second-order valence-corrected chi connectivity index (χ2v) is 8.56. The Morgan fingerprint density at radius 3 is 2.44 bits per heavy atom. The van der Waals surface area contributed by atoms with Crippen molar-refractivity contribution in [3.8, 4) is 0 Å². The van der Waals surface area contributed by atoms with Gasteiger partial charge in [0.2, 0.25) is 11.9 Å². The minimum Gasteiger partial charge on any atom is -0.328 e. The van der Waals surface area contributed by atoms with Gasteiger partial charge in [0, 0.05) is 29.9 Å². The van der Waals surface area contributed by atoms with Crippen molar-refractivity contribution in [1.29, 1.82) is 0 Å². The standard InChI is InChI=1S/C21H17F5N4O2/c22-15-6-19(15)10-30(9-16(31)29-18-27-7-12(8-28-18)21(24,25)26)17(32)13-2-1-11(5-14(13)19)20(23)3-4-20/h1-2,5,7-8,15H,3-4,6,9-10H2,(H,27,28,29,31)/t15-,19-/m1/s1. The molecule has 2 aliphatic carbocycles. The van der Waals surface area contributed by atoms with Crippen LogP contribution in [0, 0.1) is 0 Å². The highest BCUT2D eigenvalue weighted by Gasteiger charge is 2.61. The molecule has 0 radical (unpaired) electrons. The number of amides is 2. The second kappa shape index (κ2) is 6.69. The van der Waals surface area contributed by atoms with E-state index in [9.17, 15) is 31.5 Å². The van der Waals surface area contributed by atoms with Gasteiger partial charge in [-0.3, -0.25) is 14.9 Å². The highest BCUT2D eigenvalue weighted by atomic mass is 19.4. The smallest absolute Gasteiger partial charge is 0.328 e. The number of fused-ring (bicyclic) bond motifs is 2. The van der Waals surface area contributed by atoms with Crippen LogP contribution in [0.3, 0.4) is 0 Å². The molecule has 2 amide bonds. The van der Waals surface area contributed by atoms with Crippen LogP contribution in [-0.4, -0.2) is 45.9 Å². The molecule has 2 fully saturated rings. The van der Waals surface area contributed by atoms with E-state index in [4.69, 9.17) is 0 Å². The van der Waals surface area contributed by atoms with Gasteiger partial charge in [-0.15, -0.1) is 0 Å². The van der Waals surface area contributed by atoms with Crippen LogP contribution in [0.4, 0.5) is 27.9 Å². The lowest BCUT2D eigenvalue weighted by Crippen LogP contribution is -2.47. The number of halogens is 5. The quantitative estimate of drug-likeness (QED) is 0.721. The first kappa shape index (κ1) is 20.8. The van der Waals surface area contributed by atoms with Gasteiger partial charge < -0.3 is 4.90 Å². The monoisotopic (exact) mass is 452 g/mol. The average Bonchev–Trinajstić information content (AvgIpc) is 3.63. The molecule has 2 aromatic rings. The average molecular weight is 452 g/mol. The molecule has 6 nitrogen and oxygen atoms in total. The molecule has 168 valence electrons. The summed E-state index contributed by atoms with van der Waals surface area (Å²) in [4.78, 5) is 33.4. The van der Waals surface area contributed by atoms with E-state index >= 15 is 0 Å². The van der Waals surface area contributed by atoms with Crippen molar-refractivity contribution in [2.45, 2.75) is 42.7 Å². The maximum Gasteiger partial charge on any atom is 0.419 e. The summed E-state index contributed by atoms with van der Waals surface area (Å²) in [5.74, 6) is -1.58. The molecule has 0 bridgehead atoms. The van der Waals surface area contributed by atoms with Gasteiger partial charge in [0.15, 0.2) is 0 Å². The van der Waals surface area contributed by atoms with Crippen molar-refractivity contribution in [3.05, 3.63) is 52.8 Å². The molecule has 0 unspecified atom stereocenters. The number of benzene rings is 1. The normalized spacial score (nSPS) is 25.5. The van der Waals surface area contributed by atoms with Crippen molar-refractivity contribution < 1.29 is 31.5 Å². The van der Waals surface area contributed by atoms with Crippen molar-refractivity contribution in [2.75, 3.05) is 18.4 Å². The topological polar surface area (TPSA) is 75.2 Å². The van der Waals surface area contributed by atoms with Crippen LogP contribution in [0.1, 0.15) is 46.3 Å². The fourth-order valence-corrected chi connectivity index (χ4v) is 4.20. The van der Waals surface area contributed by atoms with E-state index in [2.05, 4.69) is 15.3 Å². The number of nitrogens with one attached hydrogen (secondary N) is 1. The lowest BCUT2D eigenvalue weighted by atomic mass is 9.84. The first-order valence-electron chi connectivity index (χ1n) is 9.98. The lowest BCUT2D eigenvalue weighted by Gasteiger charge is -2.34. The minimum atomic E-state index is -4.61. The molecule has 1 spiro atoms. The molecule has 1 aromatic heterocycles. The van der Waals surface area contributed by atoms with Crippen LogP contribution in [0.25, 0.3) is 0 Å². The van der Waals surface area contributed by atoms with Gasteiger partial charge in [0.1, 0.15) is 18.4 Å². The van der Waals surface area contributed by atoms with Gasteiger partial charge in [0.25, 0.3) is 5.91 Å². The number of hydrogen-bond donors (Lipinski definition) is 1. The Hall–Kier alpha value is -3.11. The summed E-state index contributed by atoms with van der Waals surface area (Å²) < 4.78 is 66.7.